The van der Waals surface area contributed by atoms with Crippen molar-refractivity contribution in [1.29, 1.82) is 0 Å². The van der Waals surface area contributed by atoms with Gasteiger partial charge in [0.1, 0.15) is 12.0 Å². The number of esters is 1. The standard InChI is InChI=1S/C19H21ClN2O5/c1-27-17(25)19(8-2-3-9-19)22-16(24)12-15(23)21(18(22)26)10-7-13-5-4-6-14(20)11-13/h4-6,11H,2-3,7-10,12H2,1H3. The molecule has 0 unspecified atom stereocenters. The van der Waals surface area contributed by atoms with Crippen LogP contribution in [0.5, 0.6) is 0 Å². The highest BCUT2D eigenvalue weighted by atomic mass is 35.5. The molecule has 27 heavy (non-hydrogen) atoms. The Morgan fingerprint density at radius 2 is 1.89 bits per heavy atom. The molecular weight excluding hydrogens is 372 g/mol. The van der Waals surface area contributed by atoms with Crippen LogP contribution in [-0.2, 0) is 25.5 Å². The molecule has 1 aromatic carbocycles. The van der Waals surface area contributed by atoms with E-state index in [4.69, 9.17) is 16.3 Å². The highest BCUT2D eigenvalue weighted by Crippen LogP contribution is 2.38. The lowest BCUT2D eigenvalue weighted by atomic mass is 9.93. The number of urea groups is 1. The van der Waals surface area contributed by atoms with E-state index in [-0.39, 0.29) is 6.54 Å². The van der Waals surface area contributed by atoms with Crippen molar-refractivity contribution in [3.63, 3.8) is 0 Å². The number of halogens is 1. The largest absolute Gasteiger partial charge is 0.467 e. The van der Waals surface area contributed by atoms with Crippen molar-refractivity contribution >= 4 is 35.4 Å². The van der Waals surface area contributed by atoms with Gasteiger partial charge in [-0.3, -0.25) is 14.5 Å². The Labute approximate surface area is 162 Å². The minimum absolute atomic E-state index is 0.110. The normalized spacial score (nSPS) is 19.6. The number of ether oxygens (including phenoxy) is 1. The summed E-state index contributed by atoms with van der Waals surface area (Å²) in [5.74, 6) is -1.80. The smallest absolute Gasteiger partial charge is 0.334 e. The van der Waals surface area contributed by atoms with Crippen LogP contribution in [0.3, 0.4) is 0 Å². The van der Waals surface area contributed by atoms with Crippen molar-refractivity contribution in [2.24, 2.45) is 0 Å². The Morgan fingerprint density at radius 1 is 1.19 bits per heavy atom. The Kier molecular flexibility index (Phi) is 5.51. The van der Waals surface area contributed by atoms with E-state index in [1.807, 2.05) is 6.07 Å². The van der Waals surface area contributed by atoms with Crippen LogP contribution < -0.4 is 0 Å². The number of methoxy groups -OCH3 is 1. The highest BCUT2D eigenvalue weighted by Gasteiger charge is 2.55. The zero-order chi connectivity index (χ0) is 19.6. The molecule has 1 aliphatic heterocycles. The van der Waals surface area contributed by atoms with Gasteiger partial charge in [0.15, 0.2) is 0 Å². The minimum Gasteiger partial charge on any atom is -0.467 e. The summed E-state index contributed by atoms with van der Waals surface area (Å²) in [5, 5.41) is 0.566. The van der Waals surface area contributed by atoms with Crippen LogP contribution in [0, 0.1) is 0 Å². The summed E-state index contributed by atoms with van der Waals surface area (Å²) in [6.07, 6.45) is 2.11. The third-order valence-electron chi connectivity index (χ3n) is 5.21. The Balaban J connectivity index is 1.84. The fourth-order valence-corrected chi connectivity index (χ4v) is 4.10. The van der Waals surface area contributed by atoms with Crippen molar-refractivity contribution in [3.8, 4) is 0 Å². The number of nitrogens with zero attached hydrogens (tertiary/aromatic N) is 2. The lowest BCUT2D eigenvalue weighted by Crippen LogP contribution is -2.65. The molecule has 2 aliphatic rings. The first kappa shape index (κ1) is 19.4. The van der Waals surface area contributed by atoms with Gasteiger partial charge in [-0.15, -0.1) is 0 Å². The molecule has 8 heteroatoms. The van der Waals surface area contributed by atoms with Gasteiger partial charge in [-0.25, -0.2) is 14.5 Å². The van der Waals surface area contributed by atoms with E-state index in [9.17, 15) is 19.2 Å². The number of carbonyl (C=O) groups is 4. The van der Waals surface area contributed by atoms with E-state index >= 15 is 0 Å². The summed E-state index contributed by atoms with van der Waals surface area (Å²) in [4.78, 5) is 52.3. The van der Waals surface area contributed by atoms with E-state index in [1.165, 1.54) is 7.11 Å². The molecule has 0 N–H and O–H groups in total. The van der Waals surface area contributed by atoms with Gasteiger partial charge in [-0.1, -0.05) is 36.6 Å². The molecule has 0 radical (unpaired) electrons. The monoisotopic (exact) mass is 392 g/mol. The van der Waals surface area contributed by atoms with Crippen LogP contribution in [-0.4, -0.2) is 52.8 Å². The van der Waals surface area contributed by atoms with Crippen molar-refractivity contribution in [1.82, 2.24) is 9.80 Å². The molecular formula is C19H21ClN2O5. The molecule has 0 spiro atoms. The van der Waals surface area contributed by atoms with Crippen molar-refractivity contribution in [3.05, 3.63) is 34.9 Å². The Hall–Kier alpha value is -2.41. The molecule has 2 fully saturated rings. The van der Waals surface area contributed by atoms with E-state index < -0.39 is 35.8 Å². The predicted molar refractivity (Wildman–Crippen MR) is 96.9 cm³/mol. The second-order valence-electron chi connectivity index (χ2n) is 6.84. The van der Waals surface area contributed by atoms with Gasteiger partial charge in [0, 0.05) is 11.6 Å². The molecule has 1 aromatic rings. The van der Waals surface area contributed by atoms with Crippen molar-refractivity contribution in [2.75, 3.05) is 13.7 Å². The van der Waals surface area contributed by atoms with E-state index in [1.54, 1.807) is 18.2 Å². The van der Waals surface area contributed by atoms with Gasteiger partial charge in [-0.2, -0.15) is 0 Å². The molecule has 1 aliphatic carbocycles. The molecule has 0 bridgehead atoms. The van der Waals surface area contributed by atoms with E-state index in [0.717, 1.165) is 15.4 Å². The lowest BCUT2D eigenvalue weighted by molar-refractivity contribution is -0.162. The lowest BCUT2D eigenvalue weighted by Gasteiger charge is -2.42. The molecule has 3 rings (SSSR count). The van der Waals surface area contributed by atoms with E-state index in [0.29, 0.717) is 37.1 Å². The SMILES string of the molecule is COC(=O)C1(N2C(=O)CC(=O)N(CCc3cccc(Cl)c3)C2=O)CCCC1. The van der Waals surface area contributed by atoms with Crippen LogP contribution in [0.25, 0.3) is 0 Å². The molecule has 1 saturated heterocycles. The van der Waals surface area contributed by atoms with Crippen LogP contribution in [0.2, 0.25) is 5.02 Å². The number of benzene rings is 1. The predicted octanol–water partition coefficient (Wildman–Crippen LogP) is 2.55. The molecule has 0 atom stereocenters. The first-order chi connectivity index (χ1) is 12.9. The molecule has 1 saturated carbocycles. The quantitative estimate of drug-likeness (QED) is 0.568. The number of imide groups is 2. The second-order valence-corrected chi connectivity index (χ2v) is 7.28. The van der Waals surface area contributed by atoms with Crippen molar-refractivity contribution < 1.29 is 23.9 Å². The molecule has 0 aromatic heterocycles. The second kappa shape index (κ2) is 7.68. The first-order valence-corrected chi connectivity index (χ1v) is 9.27. The van der Waals surface area contributed by atoms with Gasteiger partial charge in [0.05, 0.1) is 7.11 Å². The number of hydrogen-bond acceptors (Lipinski definition) is 5. The Bertz CT molecular complexity index is 788. The summed E-state index contributed by atoms with van der Waals surface area (Å²) >= 11 is 5.97. The average molecular weight is 393 g/mol. The Morgan fingerprint density at radius 3 is 2.52 bits per heavy atom. The summed E-state index contributed by atoms with van der Waals surface area (Å²) < 4.78 is 4.89. The first-order valence-electron chi connectivity index (χ1n) is 8.89. The maximum Gasteiger partial charge on any atom is 0.334 e. The van der Waals surface area contributed by atoms with Gasteiger partial charge < -0.3 is 4.74 Å². The average Bonchev–Trinajstić information content (AvgIpc) is 3.11. The zero-order valence-corrected chi connectivity index (χ0v) is 15.8. The number of amides is 4. The topological polar surface area (TPSA) is 84.0 Å². The minimum atomic E-state index is -1.31. The zero-order valence-electron chi connectivity index (χ0n) is 15.1. The molecule has 4 amide bonds. The van der Waals surface area contributed by atoms with Crippen LogP contribution in [0.4, 0.5) is 4.79 Å². The summed E-state index contributed by atoms with van der Waals surface area (Å²) in [6.45, 7) is 0.110. The van der Waals surface area contributed by atoms with Crippen LogP contribution in [0.15, 0.2) is 24.3 Å². The fourth-order valence-electron chi connectivity index (χ4n) is 3.88. The number of hydrogen-bond donors (Lipinski definition) is 0. The maximum atomic E-state index is 13.0. The van der Waals surface area contributed by atoms with Gasteiger partial charge >= 0.3 is 12.0 Å². The van der Waals surface area contributed by atoms with Crippen LogP contribution in [0.1, 0.15) is 37.7 Å². The molecule has 1 heterocycles. The third-order valence-corrected chi connectivity index (χ3v) is 5.45. The number of rotatable bonds is 5. The van der Waals surface area contributed by atoms with Gasteiger partial charge in [0.2, 0.25) is 11.8 Å². The van der Waals surface area contributed by atoms with E-state index in [2.05, 4.69) is 0 Å². The maximum absolute atomic E-state index is 13.0. The van der Waals surface area contributed by atoms with Gasteiger partial charge in [-0.05, 0) is 37.0 Å². The fraction of sp³-hybridized carbons (Fsp3) is 0.474. The molecule has 7 nitrogen and oxygen atoms in total. The number of carbonyl (C=O) groups excluding carboxylic acids is 4. The van der Waals surface area contributed by atoms with Gasteiger partial charge in [0.25, 0.3) is 0 Å². The third kappa shape index (κ3) is 3.56. The molecule has 144 valence electrons. The van der Waals surface area contributed by atoms with Crippen LogP contribution >= 0.6 is 11.6 Å². The highest BCUT2D eigenvalue weighted by molar-refractivity contribution is 6.30. The summed E-state index contributed by atoms with van der Waals surface area (Å²) in [5.41, 5.74) is -0.437. The summed E-state index contributed by atoms with van der Waals surface area (Å²) in [7, 11) is 1.24. The summed E-state index contributed by atoms with van der Waals surface area (Å²) in [6, 6.07) is 6.39. The number of barbiturate groups is 1. The van der Waals surface area contributed by atoms with Crippen molar-refractivity contribution in [2.45, 2.75) is 44.1 Å².